The Morgan fingerprint density at radius 3 is 2.86 bits per heavy atom. The molecule has 0 fully saturated rings. The molecule has 0 spiro atoms. The minimum atomic E-state index is -0.468. The number of hydrogen-bond acceptors (Lipinski definition) is 1. The lowest BCUT2D eigenvalue weighted by atomic mass is 10.1. The highest BCUT2D eigenvalue weighted by atomic mass is 19.1. The predicted molar refractivity (Wildman–Crippen MR) is 53.8 cm³/mol. The van der Waals surface area contributed by atoms with Gasteiger partial charge >= 0.3 is 0 Å². The van der Waals surface area contributed by atoms with Crippen LogP contribution < -0.4 is 5.32 Å². The van der Waals surface area contributed by atoms with Crippen LogP contribution in [0, 0.1) is 12.7 Å². The van der Waals surface area contributed by atoms with E-state index >= 15 is 0 Å². The highest BCUT2D eigenvalue weighted by Gasteiger charge is 2.10. The lowest BCUT2D eigenvalue weighted by Crippen LogP contribution is -2.25. The maximum absolute atomic E-state index is 13.2. The Bertz CT molecular complexity index is 336. The van der Waals surface area contributed by atoms with Crippen LogP contribution in [-0.4, -0.2) is 12.5 Å². The Morgan fingerprint density at radius 2 is 2.21 bits per heavy atom. The summed E-state index contributed by atoms with van der Waals surface area (Å²) < 4.78 is 13.2. The number of carbonyl (C=O) groups is 1. The van der Waals surface area contributed by atoms with Gasteiger partial charge in [0.15, 0.2) is 0 Å². The van der Waals surface area contributed by atoms with E-state index < -0.39 is 5.82 Å². The van der Waals surface area contributed by atoms with E-state index in [2.05, 4.69) is 5.32 Å². The molecule has 3 heteroatoms. The second-order valence-electron chi connectivity index (χ2n) is 3.24. The number of hydrogen-bond donors (Lipinski definition) is 1. The first kappa shape index (κ1) is 10.7. The molecule has 0 heterocycles. The van der Waals surface area contributed by atoms with Crippen molar-refractivity contribution in [3.63, 3.8) is 0 Å². The molecule has 0 atom stereocenters. The quantitative estimate of drug-likeness (QED) is 0.787. The number of nitrogens with one attached hydrogen (secondary N) is 1. The molecule has 1 rings (SSSR count). The highest BCUT2D eigenvalue weighted by molar-refractivity contribution is 5.94. The second kappa shape index (κ2) is 4.74. The number of benzene rings is 1. The van der Waals surface area contributed by atoms with Crippen molar-refractivity contribution in [2.24, 2.45) is 0 Å². The topological polar surface area (TPSA) is 29.1 Å². The van der Waals surface area contributed by atoms with E-state index in [4.69, 9.17) is 0 Å². The fourth-order valence-electron chi connectivity index (χ4n) is 1.15. The number of aryl methyl sites for hydroxylation is 1. The monoisotopic (exact) mass is 195 g/mol. The standard InChI is InChI=1S/C11H14FNO/c1-3-6-13-11(14)9-7-8(2)4-5-10(9)12/h4-5,7H,3,6H2,1-2H3,(H,13,14). The van der Waals surface area contributed by atoms with Gasteiger partial charge in [-0.25, -0.2) is 4.39 Å². The molecule has 1 N–H and O–H groups in total. The van der Waals surface area contributed by atoms with Crippen molar-refractivity contribution >= 4 is 5.91 Å². The van der Waals surface area contributed by atoms with Gasteiger partial charge in [-0.2, -0.15) is 0 Å². The Balaban J connectivity index is 2.83. The van der Waals surface area contributed by atoms with E-state index in [0.717, 1.165) is 12.0 Å². The summed E-state index contributed by atoms with van der Waals surface area (Å²) >= 11 is 0. The minimum absolute atomic E-state index is 0.124. The Hall–Kier alpha value is -1.38. The second-order valence-corrected chi connectivity index (χ2v) is 3.24. The third-order valence-corrected chi connectivity index (χ3v) is 1.90. The third kappa shape index (κ3) is 2.55. The zero-order chi connectivity index (χ0) is 10.6. The molecule has 2 nitrogen and oxygen atoms in total. The smallest absolute Gasteiger partial charge is 0.254 e. The van der Waals surface area contributed by atoms with Gasteiger partial charge in [0.1, 0.15) is 5.82 Å². The van der Waals surface area contributed by atoms with Crippen molar-refractivity contribution in [2.45, 2.75) is 20.3 Å². The van der Waals surface area contributed by atoms with E-state index in [0.29, 0.717) is 6.54 Å². The van der Waals surface area contributed by atoms with E-state index in [9.17, 15) is 9.18 Å². The summed E-state index contributed by atoms with van der Waals surface area (Å²) in [5.41, 5.74) is 1.01. The van der Waals surface area contributed by atoms with Gasteiger partial charge in [0.05, 0.1) is 5.56 Å². The third-order valence-electron chi connectivity index (χ3n) is 1.90. The summed E-state index contributed by atoms with van der Waals surface area (Å²) in [6.07, 6.45) is 0.846. The first-order chi connectivity index (χ1) is 6.65. The van der Waals surface area contributed by atoms with Crippen LogP contribution in [0.1, 0.15) is 29.3 Å². The van der Waals surface area contributed by atoms with Gasteiger partial charge < -0.3 is 5.32 Å². The molecule has 0 saturated heterocycles. The van der Waals surface area contributed by atoms with Crippen LogP contribution in [0.25, 0.3) is 0 Å². The van der Waals surface area contributed by atoms with Crippen molar-refractivity contribution in [3.8, 4) is 0 Å². The number of carbonyl (C=O) groups excluding carboxylic acids is 1. The molecule has 0 bridgehead atoms. The number of rotatable bonds is 3. The number of halogens is 1. The van der Waals surface area contributed by atoms with Crippen LogP contribution in [0.4, 0.5) is 4.39 Å². The molecule has 1 aromatic rings. The van der Waals surface area contributed by atoms with E-state index in [1.807, 2.05) is 13.8 Å². The van der Waals surface area contributed by atoms with Gasteiger partial charge in [0, 0.05) is 6.54 Å². The lowest BCUT2D eigenvalue weighted by molar-refractivity contribution is 0.0949. The maximum atomic E-state index is 13.2. The molecule has 1 aromatic carbocycles. The van der Waals surface area contributed by atoms with Crippen LogP contribution in [0.15, 0.2) is 18.2 Å². The van der Waals surface area contributed by atoms with Gasteiger partial charge in [-0.05, 0) is 25.5 Å². The largest absolute Gasteiger partial charge is 0.352 e. The molecular weight excluding hydrogens is 181 g/mol. The summed E-state index contributed by atoms with van der Waals surface area (Å²) in [4.78, 5) is 11.4. The predicted octanol–water partition coefficient (Wildman–Crippen LogP) is 2.27. The normalized spacial score (nSPS) is 9.93. The fraction of sp³-hybridized carbons (Fsp3) is 0.364. The Kier molecular flexibility index (Phi) is 3.63. The average molecular weight is 195 g/mol. The molecule has 14 heavy (non-hydrogen) atoms. The first-order valence-corrected chi connectivity index (χ1v) is 4.69. The van der Waals surface area contributed by atoms with Crippen LogP contribution >= 0.6 is 0 Å². The molecule has 1 amide bonds. The van der Waals surface area contributed by atoms with Crippen molar-refractivity contribution in [1.82, 2.24) is 5.32 Å². The fourth-order valence-corrected chi connectivity index (χ4v) is 1.15. The summed E-state index contributed by atoms with van der Waals surface area (Å²) in [5.74, 6) is -0.808. The number of amides is 1. The summed E-state index contributed by atoms with van der Waals surface area (Å²) in [6, 6.07) is 4.52. The van der Waals surface area contributed by atoms with Crippen molar-refractivity contribution in [3.05, 3.63) is 35.1 Å². The van der Waals surface area contributed by atoms with Crippen LogP contribution in [-0.2, 0) is 0 Å². The van der Waals surface area contributed by atoms with Gasteiger partial charge in [0.25, 0.3) is 5.91 Å². The summed E-state index contributed by atoms with van der Waals surface area (Å²) in [7, 11) is 0. The zero-order valence-electron chi connectivity index (χ0n) is 8.43. The SMILES string of the molecule is CCCNC(=O)c1cc(C)ccc1F. The van der Waals surface area contributed by atoms with Gasteiger partial charge in [0.2, 0.25) is 0 Å². The molecule has 0 saturated carbocycles. The van der Waals surface area contributed by atoms with Crippen molar-refractivity contribution < 1.29 is 9.18 Å². The van der Waals surface area contributed by atoms with Gasteiger partial charge in [-0.1, -0.05) is 18.6 Å². The van der Waals surface area contributed by atoms with Crippen LogP contribution in [0.2, 0.25) is 0 Å². The molecule has 0 aliphatic carbocycles. The average Bonchev–Trinajstić information content (AvgIpc) is 2.18. The van der Waals surface area contributed by atoms with Gasteiger partial charge in [-0.3, -0.25) is 4.79 Å². The van der Waals surface area contributed by atoms with Crippen molar-refractivity contribution in [1.29, 1.82) is 0 Å². The van der Waals surface area contributed by atoms with Gasteiger partial charge in [-0.15, -0.1) is 0 Å². The van der Waals surface area contributed by atoms with E-state index in [-0.39, 0.29) is 11.5 Å². The lowest BCUT2D eigenvalue weighted by Gasteiger charge is -2.05. The molecule has 0 unspecified atom stereocenters. The Morgan fingerprint density at radius 1 is 1.50 bits per heavy atom. The molecule has 0 aliphatic rings. The maximum Gasteiger partial charge on any atom is 0.254 e. The zero-order valence-corrected chi connectivity index (χ0v) is 8.43. The minimum Gasteiger partial charge on any atom is -0.352 e. The van der Waals surface area contributed by atoms with Crippen LogP contribution in [0.3, 0.4) is 0 Å². The molecule has 0 aliphatic heterocycles. The Labute approximate surface area is 83.1 Å². The molecule has 0 aromatic heterocycles. The first-order valence-electron chi connectivity index (χ1n) is 4.69. The molecule has 76 valence electrons. The summed E-state index contributed by atoms with van der Waals surface area (Å²) in [6.45, 7) is 4.36. The molecular formula is C11H14FNO. The highest BCUT2D eigenvalue weighted by Crippen LogP contribution is 2.09. The molecule has 0 radical (unpaired) electrons. The van der Waals surface area contributed by atoms with Crippen molar-refractivity contribution in [2.75, 3.05) is 6.54 Å². The van der Waals surface area contributed by atoms with E-state index in [1.165, 1.54) is 6.07 Å². The van der Waals surface area contributed by atoms with Crippen LogP contribution in [0.5, 0.6) is 0 Å². The summed E-state index contributed by atoms with van der Waals surface area (Å²) in [5, 5.41) is 2.64. The van der Waals surface area contributed by atoms with E-state index in [1.54, 1.807) is 12.1 Å².